The number of benzene rings is 6. The third-order valence-electron chi connectivity index (χ3n) is 8.54. The van der Waals surface area contributed by atoms with Gasteiger partial charge in [-0.05, 0) is 79.7 Å². The third kappa shape index (κ3) is 10.2. The minimum atomic E-state index is -1.04. The second-order valence-corrected chi connectivity index (χ2v) is 19.4. The zero-order valence-electron chi connectivity index (χ0n) is 26.8. The van der Waals surface area contributed by atoms with Crippen LogP contribution in [0.4, 0.5) is 0 Å². The molecular formula is C42H45OP3Ru+2. The van der Waals surface area contributed by atoms with E-state index in [0.29, 0.717) is 0 Å². The van der Waals surface area contributed by atoms with E-state index in [1.165, 1.54) is 50.3 Å². The van der Waals surface area contributed by atoms with E-state index < -0.39 is 23.8 Å². The van der Waals surface area contributed by atoms with Gasteiger partial charge in [0.15, 0.2) is 0 Å². The molecule has 0 aliphatic heterocycles. The van der Waals surface area contributed by atoms with E-state index in [1.54, 1.807) is 0 Å². The van der Waals surface area contributed by atoms with E-state index in [-0.39, 0.29) is 24.9 Å². The van der Waals surface area contributed by atoms with Crippen LogP contribution >= 0.6 is 23.8 Å². The van der Waals surface area contributed by atoms with Crippen LogP contribution in [0.3, 0.4) is 0 Å². The topological polar surface area (TPSA) is 17.1 Å². The van der Waals surface area contributed by atoms with Gasteiger partial charge in [0.1, 0.15) is 0 Å². The Morgan fingerprint density at radius 1 is 0.362 bits per heavy atom. The molecule has 0 spiro atoms. The molecule has 6 aromatic rings. The molecule has 0 bridgehead atoms. The van der Waals surface area contributed by atoms with Gasteiger partial charge in [0.25, 0.3) is 0 Å². The van der Waals surface area contributed by atoms with Crippen LogP contribution in [0.25, 0.3) is 0 Å². The number of hydrogen-bond acceptors (Lipinski definition) is 1. The summed E-state index contributed by atoms with van der Waals surface area (Å²) in [5.41, 5.74) is 0.125. The van der Waals surface area contributed by atoms with Crippen molar-refractivity contribution in [3.8, 4) is 0 Å². The van der Waals surface area contributed by atoms with Crippen LogP contribution in [-0.2, 0) is 24.3 Å². The number of hydrogen-bond donors (Lipinski definition) is 0. The molecule has 0 N–H and O–H groups in total. The molecule has 0 fully saturated rings. The summed E-state index contributed by atoms with van der Waals surface area (Å²) >= 11 is 0. The minimum absolute atomic E-state index is 0. The van der Waals surface area contributed by atoms with Crippen LogP contribution < -0.4 is 31.8 Å². The summed E-state index contributed by atoms with van der Waals surface area (Å²) in [6.07, 6.45) is 3.61. The van der Waals surface area contributed by atoms with Crippen molar-refractivity contribution in [3.63, 3.8) is 0 Å². The van der Waals surface area contributed by atoms with Crippen LogP contribution in [-0.4, -0.2) is 25.3 Å². The van der Waals surface area contributed by atoms with Crippen molar-refractivity contribution in [1.82, 2.24) is 0 Å². The van der Waals surface area contributed by atoms with Crippen molar-refractivity contribution >= 4 is 62.4 Å². The Balaban J connectivity index is 0.00000164. The molecule has 47 heavy (non-hydrogen) atoms. The van der Waals surface area contributed by atoms with Gasteiger partial charge in [0.05, 0.1) is 79.5 Å². The quantitative estimate of drug-likeness (QED) is 0.0583. The second-order valence-electron chi connectivity index (χ2n) is 12.0. The molecule has 0 aromatic heterocycles. The monoisotopic (exact) mass is 760 g/mol. The van der Waals surface area contributed by atoms with Crippen molar-refractivity contribution < 1.29 is 24.3 Å². The number of carbonyl (C=O) groups excluding carboxylic acids is 1. The van der Waals surface area contributed by atoms with Crippen molar-refractivity contribution in [2.24, 2.45) is 5.41 Å². The molecule has 0 aliphatic rings. The van der Waals surface area contributed by atoms with E-state index in [4.69, 9.17) is 4.79 Å². The zero-order valence-corrected chi connectivity index (χ0v) is 31.8. The van der Waals surface area contributed by atoms with Gasteiger partial charge < -0.3 is 4.79 Å². The summed E-state index contributed by atoms with van der Waals surface area (Å²) in [6.45, 7) is 5.89. The van der Waals surface area contributed by atoms with Crippen LogP contribution in [0, 0.1) is 5.41 Å². The molecule has 1 nitrogen and oxygen atoms in total. The fourth-order valence-corrected chi connectivity index (χ4v) is 16.3. The molecule has 0 saturated heterocycles. The van der Waals surface area contributed by atoms with E-state index in [2.05, 4.69) is 196 Å². The third-order valence-corrected chi connectivity index (χ3v) is 18.3. The van der Waals surface area contributed by atoms with Gasteiger partial charge in [-0.2, -0.15) is 0 Å². The van der Waals surface area contributed by atoms with Gasteiger partial charge in [-0.15, -0.1) is 0 Å². The maximum absolute atomic E-state index is 7.75. The fourth-order valence-electron chi connectivity index (χ4n) is 6.42. The summed E-state index contributed by atoms with van der Waals surface area (Å²) in [6, 6.07) is 68.2. The van der Waals surface area contributed by atoms with Crippen LogP contribution in [0.1, 0.15) is 6.92 Å². The Hall–Kier alpha value is -3.10. The Bertz CT molecular complexity index is 1380. The fraction of sp³-hybridized carbons (Fsp3) is 0.119. The van der Waals surface area contributed by atoms with Crippen molar-refractivity contribution in [3.05, 3.63) is 182 Å². The van der Waals surface area contributed by atoms with E-state index >= 15 is 0 Å². The van der Waals surface area contributed by atoms with E-state index in [0.717, 1.165) is 0 Å². The molecule has 0 heterocycles. The summed E-state index contributed by atoms with van der Waals surface area (Å²) in [4.78, 5) is 7.75. The second kappa shape index (κ2) is 19.0. The van der Waals surface area contributed by atoms with Crippen molar-refractivity contribution in [1.29, 1.82) is 0 Å². The molecule has 0 amide bonds. The van der Waals surface area contributed by atoms with Gasteiger partial charge in [-0.1, -0.05) is 109 Å². The summed E-state index contributed by atoms with van der Waals surface area (Å²) in [5.74, 6) is 0. The molecule has 6 rings (SSSR count). The average Bonchev–Trinajstić information content (AvgIpc) is 3.15. The Morgan fingerprint density at radius 3 is 0.660 bits per heavy atom. The van der Waals surface area contributed by atoms with Crippen LogP contribution in [0.5, 0.6) is 0 Å². The van der Waals surface area contributed by atoms with Crippen molar-refractivity contribution in [2.45, 2.75) is 6.92 Å². The first-order valence-electron chi connectivity index (χ1n) is 15.8. The molecule has 0 aliphatic carbocycles. The normalized spacial score (nSPS) is 11.1. The zero-order chi connectivity index (χ0) is 32.0. The Morgan fingerprint density at radius 2 is 0.511 bits per heavy atom. The predicted octanol–water partition coefficient (Wildman–Crippen LogP) is 6.78. The first kappa shape index (κ1) is 36.7. The van der Waals surface area contributed by atoms with Crippen molar-refractivity contribution in [2.75, 3.05) is 18.5 Å². The average molecular weight is 760 g/mol. The van der Waals surface area contributed by atoms with Gasteiger partial charge in [-0.3, -0.25) is 6.79 Å². The Labute approximate surface area is 297 Å². The molecule has 0 radical (unpaired) electrons. The molecular weight excluding hydrogens is 714 g/mol. The first-order valence-corrected chi connectivity index (χ1v) is 20.9. The van der Waals surface area contributed by atoms with Gasteiger partial charge in [-0.25, -0.2) is 0 Å². The molecule has 240 valence electrons. The molecule has 0 atom stereocenters. The first-order chi connectivity index (χ1) is 22.7. The van der Waals surface area contributed by atoms with Gasteiger partial charge in [0.2, 0.25) is 0 Å². The maximum atomic E-state index is 7.75. The molecule has 0 unspecified atom stereocenters. The standard InChI is InChI=1S/C41H39P3.CHO.Ru.2H/c1-41(32-42(35-20-8-2-9-21-35)36-22-10-3-11-23-36,33-43(37-24-12-4-13-25-37)38-26-14-5-15-27-38)34-44(39-28-16-6-17-29-39)40-30-18-7-19-31-40;1-2;;;/h2-31H,32-34H2,1H3;1H;;;/q;-1;;;/p+3. The summed E-state index contributed by atoms with van der Waals surface area (Å²) in [5, 5.41) is 9.06. The molecule has 6 aromatic carbocycles. The van der Waals surface area contributed by atoms with Crippen LogP contribution in [0.2, 0.25) is 0 Å². The number of rotatable bonds is 12. The van der Waals surface area contributed by atoms with E-state index in [9.17, 15) is 0 Å². The van der Waals surface area contributed by atoms with E-state index in [1.807, 2.05) is 0 Å². The van der Waals surface area contributed by atoms with Crippen LogP contribution in [0.15, 0.2) is 182 Å². The molecule has 5 heteroatoms. The summed E-state index contributed by atoms with van der Waals surface area (Å²) < 4.78 is 0. The molecule has 0 saturated carbocycles. The Kier molecular flexibility index (Phi) is 14.9. The predicted molar refractivity (Wildman–Crippen MR) is 214 cm³/mol. The summed E-state index contributed by atoms with van der Waals surface area (Å²) in [7, 11) is -3.12. The van der Waals surface area contributed by atoms with Gasteiger partial charge in [0, 0.05) is 0 Å². The van der Waals surface area contributed by atoms with Gasteiger partial charge >= 0.3 is 19.5 Å². The SMILES string of the molecule is CC(C[PH+](c1ccccc1)c1ccccc1)(C[PH+](c1ccccc1)c1ccccc1)C[PH+](c1ccccc1)c1ccccc1.[CH-]=O.[RuH2].